The van der Waals surface area contributed by atoms with Crippen LogP contribution in [0.15, 0.2) is 60.7 Å². The van der Waals surface area contributed by atoms with Crippen molar-refractivity contribution < 1.29 is 9.53 Å². The second kappa shape index (κ2) is 4.93. The molecule has 0 aromatic heterocycles. The molecule has 0 radical (unpaired) electrons. The maximum absolute atomic E-state index is 11.5. The number of methoxy groups -OCH3 is 1. The number of benzene rings is 2. The van der Waals surface area contributed by atoms with Gasteiger partial charge in [0.25, 0.3) is 0 Å². The summed E-state index contributed by atoms with van der Waals surface area (Å²) in [7, 11) is 1.55. The molecule has 0 saturated heterocycles. The standard InChI is InChI=1S/C15H14O2/c1-17-15(12-16,13-8-4-2-5-9-13)14-10-6-3-7-11-14/h2-12H,1H3. The SMILES string of the molecule is COC(C=O)(c1ccccc1)c1ccccc1. The molecule has 86 valence electrons. The van der Waals surface area contributed by atoms with Crippen LogP contribution in [0.2, 0.25) is 0 Å². The molecule has 0 aliphatic carbocycles. The molecule has 17 heavy (non-hydrogen) atoms. The second-order valence-corrected chi connectivity index (χ2v) is 3.79. The van der Waals surface area contributed by atoms with Crippen LogP contribution in [0, 0.1) is 0 Å². The molecule has 0 spiro atoms. The topological polar surface area (TPSA) is 26.3 Å². The van der Waals surface area contributed by atoms with E-state index in [0.717, 1.165) is 17.4 Å². The first kappa shape index (κ1) is 11.6. The van der Waals surface area contributed by atoms with Gasteiger partial charge >= 0.3 is 0 Å². The van der Waals surface area contributed by atoms with E-state index in [0.29, 0.717) is 0 Å². The predicted octanol–water partition coefficient (Wildman–Crippen LogP) is 2.78. The highest BCUT2D eigenvalue weighted by atomic mass is 16.5. The molecule has 0 bridgehead atoms. The minimum Gasteiger partial charge on any atom is -0.361 e. The van der Waals surface area contributed by atoms with Gasteiger partial charge in [-0.05, 0) is 11.1 Å². The highest BCUT2D eigenvalue weighted by Gasteiger charge is 2.33. The van der Waals surface area contributed by atoms with Gasteiger partial charge in [0.2, 0.25) is 0 Å². The van der Waals surface area contributed by atoms with Gasteiger partial charge in [-0.15, -0.1) is 0 Å². The number of carbonyl (C=O) groups excluding carboxylic acids is 1. The van der Waals surface area contributed by atoms with Crippen LogP contribution in [0.4, 0.5) is 0 Å². The Bertz CT molecular complexity index is 437. The Kier molecular flexibility index (Phi) is 3.35. The lowest BCUT2D eigenvalue weighted by atomic mass is 9.87. The molecule has 0 aliphatic rings. The van der Waals surface area contributed by atoms with Gasteiger partial charge in [-0.3, -0.25) is 4.79 Å². The number of aldehydes is 1. The lowest BCUT2D eigenvalue weighted by molar-refractivity contribution is -0.124. The van der Waals surface area contributed by atoms with Gasteiger partial charge in [0.1, 0.15) is 0 Å². The van der Waals surface area contributed by atoms with Crippen molar-refractivity contribution in [1.82, 2.24) is 0 Å². The Labute approximate surface area is 101 Å². The summed E-state index contributed by atoms with van der Waals surface area (Å²) in [5, 5.41) is 0. The van der Waals surface area contributed by atoms with Gasteiger partial charge in [-0.1, -0.05) is 60.7 Å². The van der Waals surface area contributed by atoms with E-state index < -0.39 is 5.60 Å². The number of ether oxygens (including phenoxy) is 1. The van der Waals surface area contributed by atoms with Crippen LogP contribution >= 0.6 is 0 Å². The molecule has 2 aromatic rings. The first-order valence-electron chi connectivity index (χ1n) is 5.46. The fraction of sp³-hybridized carbons (Fsp3) is 0.133. The number of carbonyl (C=O) groups is 1. The predicted molar refractivity (Wildman–Crippen MR) is 66.7 cm³/mol. The van der Waals surface area contributed by atoms with E-state index in [9.17, 15) is 4.79 Å². The molecule has 0 fully saturated rings. The molecule has 0 aliphatic heterocycles. The van der Waals surface area contributed by atoms with Crippen LogP contribution in [0.3, 0.4) is 0 Å². The van der Waals surface area contributed by atoms with E-state index in [4.69, 9.17) is 4.74 Å². The molecule has 2 heteroatoms. The molecule has 0 heterocycles. The van der Waals surface area contributed by atoms with Crippen LogP contribution in [0.5, 0.6) is 0 Å². The van der Waals surface area contributed by atoms with E-state index in [2.05, 4.69) is 0 Å². The summed E-state index contributed by atoms with van der Waals surface area (Å²) in [6.07, 6.45) is 0.845. The van der Waals surface area contributed by atoms with Crippen molar-refractivity contribution in [2.75, 3.05) is 7.11 Å². The highest BCUT2D eigenvalue weighted by molar-refractivity contribution is 5.72. The summed E-state index contributed by atoms with van der Waals surface area (Å²) in [4.78, 5) is 11.5. The summed E-state index contributed by atoms with van der Waals surface area (Å²) in [5.74, 6) is 0. The average Bonchev–Trinajstić information content (AvgIpc) is 2.43. The summed E-state index contributed by atoms with van der Waals surface area (Å²) in [5.41, 5.74) is 0.662. The summed E-state index contributed by atoms with van der Waals surface area (Å²) >= 11 is 0. The van der Waals surface area contributed by atoms with Crippen LogP contribution < -0.4 is 0 Å². The summed E-state index contributed by atoms with van der Waals surface area (Å²) < 4.78 is 5.49. The van der Waals surface area contributed by atoms with Crippen LogP contribution in [0.1, 0.15) is 11.1 Å². The fourth-order valence-electron chi connectivity index (χ4n) is 1.96. The third-order valence-corrected chi connectivity index (χ3v) is 2.89. The molecule has 2 aromatic carbocycles. The first-order chi connectivity index (χ1) is 8.33. The molecule has 0 N–H and O–H groups in total. The van der Waals surface area contributed by atoms with E-state index in [1.807, 2.05) is 60.7 Å². The zero-order valence-corrected chi connectivity index (χ0v) is 9.67. The molecule has 2 nitrogen and oxygen atoms in total. The highest BCUT2D eigenvalue weighted by Crippen LogP contribution is 2.30. The molecule has 2 rings (SSSR count). The van der Waals surface area contributed by atoms with Crippen molar-refractivity contribution >= 4 is 6.29 Å². The zero-order valence-electron chi connectivity index (χ0n) is 9.67. The van der Waals surface area contributed by atoms with E-state index in [-0.39, 0.29) is 0 Å². The van der Waals surface area contributed by atoms with Gasteiger partial charge in [0, 0.05) is 7.11 Å². The van der Waals surface area contributed by atoms with Crippen LogP contribution in [0.25, 0.3) is 0 Å². The van der Waals surface area contributed by atoms with Crippen molar-refractivity contribution in [3.8, 4) is 0 Å². The number of rotatable bonds is 4. The first-order valence-corrected chi connectivity index (χ1v) is 5.46. The number of hydrogen-bond acceptors (Lipinski definition) is 2. The maximum Gasteiger partial charge on any atom is 0.173 e. The summed E-state index contributed by atoms with van der Waals surface area (Å²) in [6.45, 7) is 0. The summed E-state index contributed by atoms with van der Waals surface area (Å²) in [6, 6.07) is 19.0. The maximum atomic E-state index is 11.5. The normalized spacial score (nSPS) is 11.1. The Morgan fingerprint density at radius 3 is 1.59 bits per heavy atom. The monoisotopic (exact) mass is 226 g/mol. The van der Waals surface area contributed by atoms with Crippen molar-refractivity contribution in [2.24, 2.45) is 0 Å². The lowest BCUT2D eigenvalue weighted by Gasteiger charge is -2.27. The lowest BCUT2D eigenvalue weighted by Crippen LogP contribution is -2.31. The molecule has 0 atom stereocenters. The van der Waals surface area contributed by atoms with Gasteiger partial charge in [-0.2, -0.15) is 0 Å². The average molecular weight is 226 g/mol. The van der Waals surface area contributed by atoms with Crippen molar-refractivity contribution in [3.63, 3.8) is 0 Å². The van der Waals surface area contributed by atoms with Gasteiger partial charge < -0.3 is 4.74 Å². The largest absolute Gasteiger partial charge is 0.361 e. The van der Waals surface area contributed by atoms with Gasteiger partial charge in [0.15, 0.2) is 11.9 Å². The van der Waals surface area contributed by atoms with Crippen LogP contribution in [-0.2, 0) is 15.1 Å². The van der Waals surface area contributed by atoms with E-state index in [1.54, 1.807) is 7.11 Å². The van der Waals surface area contributed by atoms with Crippen molar-refractivity contribution in [2.45, 2.75) is 5.60 Å². The smallest absolute Gasteiger partial charge is 0.173 e. The van der Waals surface area contributed by atoms with Crippen molar-refractivity contribution in [3.05, 3.63) is 71.8 Å². The molecule has 0 unspecified atom stereocenters. The minimum atomic E-state index is -1.01. The zero-order chi connectivity index (χ0) is 12.1. The number of hydrogen-bond donors (Lipinski definition) is 0. The van der Waals surface area contributed by atoms with E-state index >= 15 is 0 Å². The molecule has 0 saturated carbocycles. The minimum absolute atomic E-state index is 0.837. The van der Waals surface area contributed by atoms with Gasteiger partial charge in [-0.25, -0.2) is 0 Å². The second-order valence-electron chi connectivity index (χ2n) is 3.79. The van der Waals surface area contributed by atoms with E-state index in [1.165, 1.54) is 0 Å². The third kappa shape index (κ3) is 1.99. The third-order valence-electron chi connectivity index (χ3n) is 2.89. The Balaban J connectivity index is 2.58. The quantitative estimate of drug-likeness (QED) is 0.749. The fourth-order valence-corrected chi connectivity index (χ4v) is 1.96. The molecular formula is C15H14O2. The van der Waals surface area contributed by atoms with Gasteiger partial charge in [0.05, 0.1) is 0 Å². The Morgan fingerprint density at radius 2 is 1.29 bits per heavy atom. The van der Waals surface area contributed by atoms with Crippen LogP contribution in [-0.4, -0.2) is 13.4 Å². The molecule has 0 amide bonds. The Morgan fingerprint density at radius 1 is 0.882 bits per heavy atom. The molecular weight excluding hydrogens is 212 g/mol. The Hall–Kier alpha value is -1.93. The van der Waals surface area contributed by atoms with Crippen molar-refractivity contribution in [1.29, 1.82) is 0 Å².